The molecule has 10 nitrogen and oxygen atoms in total. The van der Waals surface area contributed by atoms with Crippen molar-refractivity contribution in [1.82, 2.24) is 10.6 Å². The summed E-state index contributed by atoms with van der Waals surface area (Å²) in [6, 6.07) is 15.1. The minimum Gasteiger partial charge on any atom is -0.487 e. The third-order valence-corrected chi connectivity index (χ3v) is 7.19. The van der Waals surface area contributed by atoms with Crippen LogP contribution in [0.1, 0.15) is 67.2 Å². The van der Waals surface area contributed by atoms with Crippen LogP contribution in [-0.4, -0.2) is 98.4 Å². The van der Waals surface area contributed by atoms with Crippen LogP contribution in [0, 0.1) is 0 Å². The molecular formula is C36H58N2O8. The average molecular weight is 647 g/mol. The molecule has 2 heterocycles. The zero-order valence-electron chi connectivity index (χ0n) is 28.8. The van der Waals surface area contributed by atoms with Gasteiger partial charge in [0.2, 0.25) is 0 Å². The van der Waals surface area contributed by atoms with Gasteiger partial charge in [-0.1, -0.05) is 24.3 Å². The van der Waals surface area contributed by atoms with Crippen molar-refractivity contribution in [3.63, 3.8) is 0 Å². The molecular weight excluding hydrogens is 588 g/mol. The van der Waals surface area contributed by atoms with Gasteiger partial charge in [0.05, 0.1) is 12.2 Å². The van der Waals surface area contributed by atoms with Crippen molar-refractivity contribution in [3.05, 3.63) is 48.5 Å². The Kier molecular flexibility index (Phi) is 15.9. The third kappa shape index (κ3) is 15.8. The van der Waals surface area contributed by atoms with Crippen molar-refractivity contribution in [1.29, 1.82) is 0 Å². The number of hydrogen-bond donors (Lipinski definition) is 4. The summed E-state index contributed by atoms with van der Waals surface area (Å²) in [6.45, 7) is 16.5. The molecule has 4 unspecified atom stereocenters. The molecule has 260 valence electrons. The van der Waals surface area contributed by atoms with E-state index in [1.54, 1.807) is 0 Å². The molecule has 0 aliphatic carbocycles. The molecule has 4 atom stereocenters. The highest BCUT2D eigenvalue weighted by Crippen LogP contribution is 2.28. The van der Waals surface area contributed by atoms with Crippen LogP contribution in [0.25, 0.3) is 0 Å². The van der Waals surface area contributed by atoms with Crippen LogP contribution in [0.2, 0.25) is 0 Å². The predicted octanol–water partition coefficient (Wildman–Crippen LogP) is 4.74. The molecule has 4 rings (SSSR count). The Balaban J connectivity index is 0.000000250. The molecule has 0 aromatic heterocycles. The summed E-state index contributed by atoms with van der Waals surface area (Å²) in [4.78, 5) is 0. The van der Waals surface area contributed by atoms with Gasteiger partial charge in [0.25, 0.3) is 0 Å². The quantitative estimate of drug-likeness (QED) is 0.204. The Morgan fingerprint density at radius 1 is 0.630 bits per heavy atom. The highest BCUT2D eigenvalue weighted by atomic mass is 16.6. The van der Waals surface area contributed by atoms with Crippen LogP contribution in [0.3, 0.4) is 0 Å². The Bertz CT molecular complexity index is 1020. The molecule has 0 spiro atoms. The highest BCUT2D eigenvalue weighted by molar-refractivity contribution is 5.40. The van der Waals surface area contributed by atoms with E-state index in [9.17, 15) is 10.2 Å². The van der Waals surface area contributed by atoms with Gasteiger partial charge in [-0.05, 0) is 91.5 Å². The minimum atomic E-state index is -0.569. The van der Waals surface area contributed by atoms with E-state index >= 15 is 0 Å². The van der Waals surface area contributed by atoms with Gasteiger partial charge in [-0.15, -0.1) is 0 Å². The van der Waals surface area contributed by atoms with Crippen LogP contribution in [0.15, 0.2) is 48.5 Å². The summed E-state index contributed by atoms with van der Waals surface area (Å²) in [6.07, 6.45) is 3.48. The van der Waals surface area contributed by atoms with Crippen molar-refractivity contribution in [2.45, 2.75) is 103 Å². The molecule has 2 aromatic rings. The normalized spacial score (nSPS) is 19.6. The van der Waals surface area contributed by atoms with Gasteiger partial charge < -0.3 is 49.3 Å². The van der Waals surface area contributed by atoms with E-state index in [0.29, 0.717) is 49.3 Å². The van der Waals surface area contributed by atoms with Crippen LogP contribution in [0.4, 0.5) is 0 Å². The molecule has 0 saturated carbocycles. The maximum absolute atomic E-state index is 10.0. The molecule has 2 saturated heterocycles. The molecule has 0 bridgehead atoms. The fourth-order valence-electron chi connectivity index (χ4n) is 4.63. The molecule has 0 amide bonds. The molecule has 2 fully saturated rings. The largest absolute Gasteiger partial charge is 0.487 e. The van der Waals surface area contributed by atoms with Crippen LogP contribution in [-0.2, 0) is 9.47 Å². The average Bonchev–Trinajstić information content (AvgIpc) is 3.74. The lowest BCUT2D eigenvalue weighted by Gasteiger charge is -2.23. The lowest BCUT2D eigenvalue weighted by molar-refractivity contribution is 0.0644. The standard InChI is InChI=1S/2C18H29NO4/c2*1-18(2,3)19-11-14(20)12-22-16-8-4-5-9-17(16)23-13-15-7-6-10-21-15/h2*4-5,8-9,14-15,19-20H,6-7,10-13H2,1-3H3. The topological polar surface area (TPSA) is 120 Å². The second-order valence-corrected chi connectivity index (χ2v) is 14.0. The van der Waals surface area contributed by atoms with E-state index in [2.05, 4.69) is 52.2 Å². The smallest absolute Gasteiger partial charge is 0.161 e. The third-order valence-electron chi connectivity index (χ3n) is 7.19. The second kappa shape index (κ2) is 19.3. The van der Waals surface area contributed by atoms with E-state index in [0.717, 1.165) is 38.9 Å². The molecule has 2 aromatic carbocycles. The fourth-order valence-corrected chi connectivity index (χ4v) is 4.63. The van der Waals surface area contributed by atoms with E-state index in [1.165, 1.54) is 0 Å². The first-order valence-electron chi connectivity index (χ1n) is 16.7. The number of hydrogen-bond acceptors (Lipinski definition) is 10. The van der Waals surface area contributed by atoms with E-state index in [-0.39, 0.29) is 36.5 Å². The Hall–Kier alpha value is -2.60. The van der Waals surface area contributed by atoms with Crippen molar-refractivity contribution in [2.24, 2.45) is 0 Å². The molecule has 10 heteroatoms. The predicted molar refractivity (Wildman–Crippen MR) is 180 cm³/mol. The zero-order valence-corrected chi connectivity index (χ0v) is 28.8. The maximum Gasteiger partial charge on any atom is 0.161 e. The Labute approximate surface area is 276 Å². The van der Waals surface area contributed by atoms with Gasteiger partial charge in [-0.2, -0.15) is 0 Å². The van der Waals surface area contributed by atoms with Crippen molar-refractivity contribution in [3.8, 4) is 23.0 Å². The van der Waals surface area contributed by atoms with Crippen LogP contribution in [0.5, 0.6) is 23.0 Å². The number of para-hydroxylation sites is 4. The van der Waals surface area contributed by atoms with Crippen molar-refractivity contribution in [2.75, 3.05) is 52.7 Å². The number of nitrogens with one attached hydrogen (secondary N) is 2. The summed E-state index contributed by atoms with van der Waals surface area (Å²) in [5.41, 5.74) is -0.0490. The maximum atomic E-state index is 10.0. The summed E-state index contributed by atoms with van der Waals surface area (Å²) < 4.78 is 34.2. The number of rotatable bonds is 16. The first-order chi connectivity index (χ1) is 21.9. The van der Waals surface area contributed by atoms with Gasteiger partial charge in [0.1, 0.15) is 38.6 Å². The van der Waals surface area contributed by atoms with E-state index in [1.807, 2.05) is 48.5 Å². The van der Waals surface area contributed by atoms with Gasteiger partial charge in [0.15, 0.2) is 23.0 Å². The van der Waals surface area contributed by atoms with E-state index < -0.39 is 12.2 Å². The number of ether oxygens (including phenoxy) is 6. The summed E-state index contributed by atoms with van der Waals surface area (Å²) in [7, 11) is 0. The summed E-state index contributed by atoms with van der Waals surface area (Å²) in [5, 5.41) is 26.6. The first kappa shape index (κ1) is 37.9. The van der Waals surface area contributed by atoms with Gasteiger partial charge in [0, 0.05) is 37.4 Å². The SMILES string of the molecule is CC(C)(C)NCC(O)COc1ccccc1OCC1CCCO1.CC(C)(C)NCC(O)COc1ccccc1OCC1CCCO1. The lowest BCUT2D eigenvalue weighted by atomic mass is 10.1. The van der Waals surface area contributed by atoms with Crippen LogP contribution < -0.4 is 29.6 Å². The van der Waals surface area contributed by atoms with Crippen molar-refractivity contribution >= 4 is 0 Å². The van der Waals surface area contributed by atoms with Gasteiger partial charge >= 0.3 is 0 Å². The molecule has 46 heavy (non-hydrogen) atoms. The Morgan fingerprint density at radius 3 is 1.28 bits per heavy atom. The molecule has 2 aliphatic rings. The highest BCUT2D eigenvalue weighted by Gasteiger charge is 2.19. The number of aliphatic hydroxyl groups is 2. The fraction of sp³-hybridized carbons (Fsp3) is 0.667. The number of benzene rings is 2. The zero-order chi connectivity index (χ0) is 33.4. The van der Waals surface area contributed by atoms with Crippen molar-refractivity contribution < 1.29 is 38.6 Å². The molecule has 4 N–H and O–H groups in total. The monoisotopic (exact) mass is 646 g/mol. The molecule has 0 radical (unpaired) electrons. The number of β-amino-alcohol motifs (C(OH)–C–C–N with tert-alkyl or cyclic N) is 2. The lowest BCUT2D eigenvalue weighted by Crippen LogP contribution is -2.42. The van der Waals surface area contributed by atoms with E-state index in [4.69, 9.17) is 28.4 Å². The molecule has 2 aliphatic heterocycles. The second-order valence-electron chi connectivity index (χ2n) is 14.0. The Morgan fingerprint density at radius 2 is 0.978 bits per heavy atom. The van der Waals surface area contributed by atoms with Gasteiger partial charge in [-0.3, -0.25) is 0 Å². The number of aliphatic hydroxyl groups excluding tert-OH is 2. The summed E-state index contributed by atoms with van der Waals surface area (Å²) >= 11 is 0. The van der Waals surface area contributed by atoms with Crippen LogP contribution >= 0.6 is 0 Å². The first-order valence-corrected chi connectivity index (χ1v) is 16.7. The minimum absolute atomic E-state index is 0.0245. The summed E-state index contributed by atoms with van der Waals surface area (Å²) in [5.74, 6) is 2.69. The van der Waals surface area contributed by atoms with Gasteiger partial charge in [-0.25, -0.2) is 0 Å².